The highest BCUT2D eigenvalue weighted by Gasteiger charge is 2.33. The number of nitrogens with one attached hydrogen (secondary N) is 1. The maximum absolute atomic E-state index is 14.5. The van der Waals surface area contributed by atoms with Crippen molar-refractivity contribution >= 4 is 39.3 Å². The molecule has 1 aliphatic rings. The topological polar surface area (TPSA) is 85.6 Å². The molecular formula is C29H25BrClFN4O4. The minimum atomic E-state index is -0.685. The van der Waals surface area contributed by atoms with Crippen LogP contribution in [-0.4, -0.2) is 39.5 Å². The van der Waals surface area contributed by atoms with Gasteiger partial charge in [0.1, 0.15) is 17.3 Å². The van der Waals surface area contributed by atoms with Crippen molar-refractivity contribution in [1.82, 2.24) is 19.4 Å². The SMILES string of the molecule is COc1ccc(-n2c(C(=O)N[C@@H](C)c3ccccc3F)c3n(c2=O)CCN(C(=O)c2ccc(Br)c(Cl)c2)C3)cc1. The molecular weight excluding hydrogens is 603 g/mol. The smallest absolute Gasteiger partial charge is 0.333 e. The van der Waals surface area contributed by atoms with Crippen LogP contribution in [0.4, 0.5) is 4.39 Å². The molecule has 206 valence electrons. The highest BCUT2D eigenvalue weighted by Crippen LogP contribution is 2.27. The summed E-state index contributed by atoms with van der Waals surface area (Å²) < 4.78 is 23.2. The Hall–Kier alpha value is -3.89. The number of aromatic nitrogens is 2. The number of halogens is 3. The van der Waals surface area contributed by atoms with Gasteiger partial charge in [0.15, 0.2) is 0 Å². The van der Waals surface area contributed by atoms with Gasteiger partial charge in [-0.15, -0.1) is 0 Å². The van der Waals surface area contributed by atoms with Crippen LogP contribution in [0.15, 0.2) is 76.0 Å². The minimum absolute atomic E-state index is 0.0156. The van der Waals surface area contributed by atoms with E-state index >= 15 is 0 Å². The molecule has 1 atom stereocenters. The van der Waals surface area contributed by atoms with Gasteiger partial charge in [-0.25, -0.2) is 9.18 Å². The third-order valence-electron chi connectivity index (χ3n) is 6.90. The van der Waals surface area contributed by atoms with Gasteiger partial charge in [0.2, 0.25) is 0 Å². The summed E-state index contributed by atoms with van der Waals surface area (Å²) >= 11 is 9.54. The van der Waals surface area contributed by atoms with Gasteiger partial charge in [-0.1, -0.05) is 29.8 Å². The van der Waals surface area contributed by atoms with Crippen molar-refractivity contribution in [3.05, 3.63) is 115 Å². The molecule has 1 N–H and O–H groups in total. The molecule has 1 aliphatic heterocycles. The molecule has 0 unspecified atom stereocenters. The van der Waals surface area contributed by atoms with E-state index in [1.807, 2.05) is 0 Å². The van der Waals surface area contributed by atoms with Gasteiger partial charge < -0.3 is 15.0 Å². The molecule has 5 rings (SSSR count). The van der Waals surface area contributed by atoms with Crippen molar-refractivity contribution in [3.63, 3.8) is 0 Å². The second kappa shape index (κ2) is 11.3. The van der Waals surface area contributed by atoms with E-state index in [1.54, 1.807) is 72.5 Å². The molecule has 2 amide bonds. The van der Waals surface area contributed by atoms with E-state index in [1.165, 1.54) is 22.3 Å². The Kier molecular flexibility index (Phi) is 7.82. The molecule has 4 aromatic rings. The maximum atomic E-state index is 14.5. The first-order chi connectivity index (χ1) is 19.2. The molecule has 0 fully saturated rings. The number of carbonyl (C=O) groups is 2. The van der Waals surface area contributed by atoms with Gasteiger partial charge in [0.05, 0.1) is 36.1 Å². The van der Waals surface area contributed by atoms with Crippen LogP contribution in [0, 0.1) is 5.82 Å². The number of methoxy groups -OCH3 is 1. The fraction of sp³-hybridized carbons (Fsp3) is 0.207. The van der Waals surface area contributed by atoms with Crippen LogP contribution in [0.1, 0.15) is 45.1 Å². The maximum Gasteiger partial charge on any atom is 0.333 e. The molecule has 0 saturated heterocycles. The van der Waals surface area contributed by atoms with Crippen molar-refractivity contribution in [1.29, 1.82) is 0 Å². The number of hydrogen-bond donors (Lipinski definition) is 1. The average Bonchev–Trinajstić information content (AvgIpc) is 3.25. The number of nitrogens with zero attached hydrogens (tertiary/aromatic N) is 3. The summed E-state index contributed by atoms with van der Waals surface area (Å²) in [7, 11) is 1.53. The quantitative estimate of drug-likeness (QED) is 0.313. The summed E-state index contributed by atoms with van der Waals surface area (Å²) in [4.78, 5) is 42.4. The number of hydrogen-bond acceptors (Lipinski definition) is 4. The fourth-order valence-corrected chi connectivity index (χ4v) is 5.24. The Morgan fingerprint density at radius 2 is 1.80 bits per heavy atom. The standard InChI is InChI=1S/C29H25BrClFN4O4/c1-17(21-5-3-4-6-24(21)32)33-27(37)26-25-16-34(28(38)18-7-12-22(30)23(31)15-18)13-14-35(25)29(39)36(26)19-8-10-20(40-2)11-9-19/h3-12,15,17H,13-14,16H2,1-2H3,(H,33,37)/t17-/m0/s1. The number of fused-ring (bicyclic) bond motifs is 1. The molecule has 0 aliphatic carbocycles. The molecule has 2 heterocycles. The van der Waals surface area contributed by atoms with Crippen LogP contribution in [0.3, 0.4) is 0 Å². The lowest BCUT2D eigenvalue weighted by Crippen LogP contribution is -2.41. The zero-order valence-electron chi connectivity index (χ0n) is 21.7. The van der Waals surface area contributed by atoms with E-state index in [4.69, 9.17) is 16.3 Å². The largest absolute Gasteiger partial charge is 0.497 e. The number of ether oxygens (including phenoxy) is 1. The fourth-order valence-electron chi connectivity index (χ4n) is 4.82. The van der Waals surface area contributed by atoms with Crippen LogP contribution in [0.5, 0.6) is 5.75 Å². The van der Waals surface area contributed by atoms with Crippen molar-refractivity contribution in [2.24, 2.45) is 0 Å². The normalized spacial score (nSPS) is 13.5. The van der Waals surface area contributed by atoms with Crippen LogP contribution in [0.25, 0.3) is 5.69 Å². The summed E-state index contributed by atoms with van der Waals surface area (Å²) in [6.45, 7) is 2.14. The van der Waals surface area contributed by atoms with Crippen LogP contribution in [-0.2, 0) is 13.1 Å². The summed E-state index contributed by atoms with van der Waals surface area (Å²) in [6.07, 6.45) is 0. The average molecular weight is 628 g/mol. The molecule has 40 heavy (non-hydrogen) atoms. The molecule has 0 radical (unpaired) electrons. The minimum Gasteiger partial charge on any atom is -0.497 e. The zero-order chi connectivity index (χ0) is 28.6. The first kappa shape index (κ1) is 27.7. The molecule has 11 heteroatoms. The summed E-state index contributed by atoms with van der Waals surface area (Å²) in [5.74, 6) is -0.716. The molecule has 8 nitrogen and oxygen atoms in total. The highest BCUT2D eigenvalue weighted by atomic mass is 79.9. The Morgan fingerprint density at radius 1 is 1.07 bits per heavy atom. The molecule has 0 bridgehead atoms. The Bertz CT molecular complexity index is 1670. The number of imidazole rings is 1. The number of benzene rings is 3. The molecule has 3 aromatic carbocycles. The van der Waals surface area contributed by atoms with E-state index in [0.717, 1.165) is 0 Å². The van der Waals surface area contributed by atoms with Crippen LogP contribution in [0.2, 0.25) is 5.02 Å². The van der Waals surface area contributed by atoms with E-state index < -0.39 is 23.5 Å². The van der Waals surface area contributed by atoms with E-state index in [9.17, 15) is 18.8 Å². The van der Waals surface area contributed by atoms with Crippen molar-refractivity contribution in [2.45, 2.75) is 26.1 Å². The lowest BCUT2D eigenvalue weighted by molar-refractivity contribution is 0.0706. The Labute approximate surface area is 243 Å². The summed E-state index contributed by atoms with van der Waals surface area (Å²) in [6, 6.07) is 17.1. The van der Waals surface area contributed by atoms with E-state index in [-0.39, 0.29) is 31.2 Å². The summed E-state index contributed by atoms with van der Waals surface area (Å²) in [5, 5.41) is 3.23. The Morgan fingerprint density at radius 3 is 2.48 bits per heavy atom. The van der Waals surface area contributed by atoms with Crippen molar-refractivity contribution in [3.8, 4) is 11.4 Å². The molecule has 1 aromatic heterocycles. The van der Waals surface area contributed by atoms with Gasteiger partial charge in [0, 0.05) is 28.7 Å². The predicted octanol–water partition coefficient (Wildman–Crippen LogP) is 5.35. The second-order valence-electron chi connectivity index (χ2n) is 9.34. The van der Waals surface area contributed by atoms with Gasteiger partial charge in [-0.05, 0) is 71.4 Å². The van der Waals surface area contributed by atoms with Crippen molar-refractivity contribution < 1.29 is 18.7 Å². The summed E-state index contributed by atoms with van der Waals surface area (Å²) in [5.41, 5.74) is 1.19. The number of rotatable bonds is 6. The first-order valence-electron chi connectivity index (χ1n) is 12.5. The van der Waals surface area contributed by atoms with Gasteiger partial charge in [-0.2, -0.15) is 0 Å². The molecule has 0 saturated carbocycles. The predicted molar refractivity (Wildman–Crippen MR) is 153 cm³/mol. The van der Waals surface area contributed by atoms with Gasteiger partial charge in [0.25, 0.3) is 11.8 Å². The number of carbonyl (C=O) groups excluding carboxylic acids is 2. The third kappa shape index (κ3) is 5.16. The van der Waals surface area contributed by atoms with Gasteiger partial charge >= 0.3 is 5.69 Å². The third-order valence-corrected chi connectivity index (χ3v) is 8.13. The second-order valence-corrected chi connectivity index (χ2v) is 10.6. The number of amides is 2. The lowest BCUT2D eigenvalue weighted by Gasteiger charge is -2.28. The first-order valence-corrected chi connectivity index (χ1v) is 13.6. The lowest BCUT2D eigenvalue weighted by atomic mass is 10.1. The molecule has 0 spiro atoms. The van der Waals surface area contributed by atoms with Crippen LogP contribution < -0.4 is 15.7 Å². The van der Waals surface area contributed by atoms with Crippen LogP contribution >= 0.6 is 27.5 Å². The monoisotopic (exact) mass is 626 g/mol. The van der Waals surface area contributed by atoms with E-state index in [2.05, 4.69) is 21.2 Å². The Balaban J connectivity index is 1.56. The van der Waals surface area contributed by atoms with Crippen molar-refractivity contribution in [2.75, 3.05) is 13.7 Å². The van der Waals surface area contributed by atoms with Gasteiger partial charge in [-0.3, -0.25) is 18.7 Å². The zero-order valence-corrected chi connectivity index (χ0v) is 24.0. The van der Waals surface area contributed by atoms with E-state index in [0.29, 0.717) is 37.8 Å². The highest BCUT2D eigenvalue weighted by molar-refractivity contribution is 9.10.